The number of sulfonamides is 1. The third-order valence-corrected chi connectivity index (χ3v) is 6.51. The lowest BCUT2D eigenvalue weighted by Crippen LogP contribution is -2.49. The average molecular weight is 508 g/mol. The van der Waals surface area contributed by atoms with Gasteiger partial charge in [-0.3, -0.25) is 4.99 Å². The summed E-state index contributed by atoms with van der Waals surface area (Å²) in [5.41, 5.74) is 1.43. The molecule has 0 amide bonds. The Bertz CT molecular complexity index is 682. The number of piperidine rings is 1. The normalized spacial score (nSPS) is 20.9. The van der Waals surface area contributed by atoms with Crippen molar-refractivity contribution in [3.05, 3.63) is 35.9 Å². The van der Waals surface area contributed by atoms with Crippen LogP contribution in [0.25, 0.3) is 0 Å². The molecular weight excluding hydrogens is 475 g/mol. The lowest BCUT2D eigenvalue weighted by Gasteiger charge is -2.40. The molecule has 0 spiro atoms. The van der Waals surface area contributed by atoms with Crippen LogP contribution in [0.1, 0.15) is 38.2 Å². The zero-order valence-corrected chi connectivity index (χ0v) is 19.7. The van der Waals surface area contributed by atoms with Gasteiger partial charge in [0.1, 0.15) is 0 Å². The van der Waals surface area contributed by atoms with Gasteiger partial charge in [-0.1, -0.05) is 43.7 Å². The third kappa shape index (κ3) is 7.23. The molecule has 0 radical (unpaired) electrons. The van der Waals surface area contributed by atoms with Gasteiger partial charge in [0.15, 0.2) is 5.96 Å². The maximum Gasteiger partial charge on any atom is 0.211 e. The van der Waals surface area contributed by atoms with Gasteiger partial charge in [0, 0.05) is 33.2 Å². The SMILES string of the molecule is CCC1CN(C(=NC)NCCNS(=O)(=O)CC)CCC1c1ccccc1.I. The Hall–Kier alpha value is -0.870. The van der Waals surface area contributed by atoms with Gasteiger partial charge in [0.25, 0.3) is 0 Å². The van der Waals surface area contributed by atoms with E-state index in [-0.39, 0.29) is 29.7 Å². The van der Waals surface area contributed by atoms with E-state index in [1.165, 1.54) is 5.56 Å². The fourth-order valence-corrected chi connectivity index (χ4v) is 4.21. The summed E-state index contributed by atoms with van der Waals surface area (Å²) in [6.07, 6.45) is 2.23. The molecule has 1 aromatic rings. The fourth-order valence-electron chi connectivity index (χ4n) is 3.59. The van der Waals surface area contributed by atoms with Gasteiger partial charge in [0.2, 0.25) is 10.0 Å². The van der Waals surface area contributed by atoms with Crippen LogP contribution in [0.15, 0.2) is 35.3 Å². The summed E-state index contributed by atoms with van der Waals surface area (Å²) in [4.78, 5) is 6.68. The highest BCUT2D eigenvalue weighted by atomic mass is 127. The van der Waals surface area contributed by atoms with Gasteiger partial charge >= 0.3 is 0 Å². The minimum absolute atomic E-state index is 0. The number of hydrogen-bond donors (Lipinski definition) is 2. The molecule has 0 aliphatic carbocycles. The maximum atomic E-state index is 11.5. The summed E-state index contributed by atoms with van der Waals surface area (Å²) in [7, 11) is -1.36. The Balaban J connectivity index is 0.00000364. The van der Waals surface area contributed by atoms with E-state index in [1.807, 2.05) is 0 Å². The number of guanidine groups is 1. The highest BCUT2D eigenvalue weighted by Gasteiger charge is 2.30. The second kappa shape index (κ2) is 11.9. The summed E-state index contributed by atoms with van der Waals surface area (Å²) in [5, 5.41) is 3.28. The molecule has 1 aliphatic rings. The quantitative estimate of drug-likeness (QED) is 0.257. The highest BCUT2D eigenvalue weighted by Crippen LogP contribution is 2.34. The molecule has 0 aromatic heterocycles. The minimum atomic E-state index is -3.14. The number of benzene rings is 1. The van der Waals surface area contributed by atoms with Crippen LogP contribution in [0, 0.1) is 5.92 Å². The van der Waals surface area contributed by atoms with Crippen LogP contribution < -0.4 is 10.0 Å². The Morgan fingerprint density at radius 2 is 1.93 bits per heavy atom. The molecule has 2 unspecified atom stereocenters. The highest BCUT2D eigenvalue weighted by molar-refractivity contribution is 14.0. The molecule has 0 saturated carbocycles. The molecule has 1 heterocycles. The Morgan fingerprint density at radius 3 is 2.52 bits per heavy atom. The van der Waals surface area contributed by atoms with Gasteiger partial charge < -0.3 is 10.2 Å². The first-order valence-electron chi connectivity index (χ1n) is 9.48. The molecule has 6 nitrogen and oxygen atoms in total. The molecule has 1 fully saturated rings. The monoisotopic (exact) mass is 508 g/mol. The van der Waals surface area contributed by atoms with E-state index < -0.39 is 10.0 Å². The van der Waals surface area contributed by atoms with Gasteiger partial charge in [0.05, 0.1) is 5.75 Å². The molecule has 1 aliphatic heterocycles. The van der Waals surface area contributed by atoms with Crippen molar-refractivity contribution in [1.29, 1.82) is 0 Å². The van der Waals surface area contributed by atoms with Gasteiger partial charge in [-0.25, -0.2) is 13.1 Å². The topological polar surface area (TPSA) is 73.8 Å². The van der Waals surface area contributed by atoms with Crippen molar-refractivity contribution >= 4 is 40.0 Å². The molecule has 1 aromatic carbocycles. The predicted octanol–water partition coefficient (Wildman–Crippen LogP) is 2.63. The largest absolute Gasteiger partial charge is 0.355 e. The number of hydrogen-bond acceptors (Lipinski definition) is 3. The zero-order valence-electron chi connectivity index (χ0n) is 16.5. The predicted molar refractivity (Wildman–Crippen MR) is 123 cm³/mol. The van der Waals surface area contributed by atoms with E-state index in [1.54, 1.807) is 14.0 Å². The Labute approximate surface area is 181 Å². The number of likely N-dealkylation sites (tertiary alicyclic amines) is 1. The summed E-state index contributed by atoms with van der Waals surface area (Å²) in [6.45, 7) is 6.71. The van der Waals surface area contributed by atoms with E-state index in [0.717, 1.165) is 31.9 Å². The van der Waals surface area contributed by atoms with Gasteiger partial charge in [-0.2, -0.15) is 0 Å². The molecule has 2 atom stereocenters. The first-order chi connectivity index (χ1) is 12.5. The van der Waals surface area contributed by atoms with Crippen molar-refractivity contribution in [1.82, 2.24) is 14.9 Å². The van der Waals surface area contributed by atoms with Crippen LogP contribution >= 0.6 is 24.0 Å². The number of nitrogens with zero attached hydrogens (tertiary/aromatic N) is 2. The van der Waals surface area contributed by atoms with Crippen molar-refractivity contribution in [3.63, 3.8) is 0 Å². The summed E-state index contributed by atoms with van der Waals surface area (Å²) >= 11 is 0. The minimum Gasteiger partial charge on any atom is -0.355 e. The van der Waals surface area contributed by atoms with Gasteiger partial charge in [-0.15, -0.1) is 24.0 Å². The molecule has 154 valence electrons. The summed E-state index contributed by atoms with van der Waals surface area (Å²) in [5.74, 6) is 2.13. The lowest BCUT2D eigenvalue weighted by molar-refractivity contribution is 0.216. The Morgan fingerprint density at radius 1 is 1.22 bits per heavy atom. The van der Waals surface area contributed by atoms with Crippen LogP contribution in [0.3, 0.4) is 0 Å². The van der Waals surface area contributed by atoms with E-state index in [9.17, 15) is 8.42 Å². The molecule has 2 N–H and O–H groups in total. The molecule has 0 bridgehead atoms. The summed E-state index contributed by atoms with van der Waals surface area (Å²) < 4.78 is 25.6. The van der Waals surface area contributed by atoms with Crippen molar-refractivity contribution in [3.8, 4) is 0 Å². The zero-order chi connectivity index (χ0) is 19.0. The number of nitrogens with one attached hydrogen (secondary N) is 2. The Kier molecular flexibility index (Phi) is 10.6. The second-order valence-electron chi connectivity index (χ2n) is 6.69. The van der Waals surface area contributed by atoms with Crippen molar-refractivity contribution in [2.24, 2.45) is 10.9 Å². The van der Waals surface area contributed by atoms with Gasteiger partial charge in [-0.05, 0) is 30.7 Å². The fraction of sp³-hybridized carbons (Fsp3) is 0.632. The molecule has 2 rings (SSSR count). The standard InChI is InChI=1S/C19H32N4O2S.HI/c1-4-16-15-23(14-11-18(16)17-9-7-6-8-10-17)19(20-3)21-12-13-22-26(24,25)5-2;/h6-10,16,18,22H,4-5,11-15H2,1-3H3,(H,20,21);1H. The van der Waals surface area contributed by atoms with Crippen molar-refractivity contribution in [2.45, 2.75) is 32.6 Å². The smallest absolute Gasteiger partial charge is 0.211 e. The van der Waals surface area contributed by atoms with E-state index in [4.69, 9.17) is 0 Å². The number of aliphatic imine (C=N–C) groups is 1. The third-order valence-electron chi connectivity index (χ3n) is 5.11. The first-order valence-corrected chi connectivity index (χ1v) is 11.1. The average Bonchev–Trinajstić information content (AvgIpc) is 2.68. The van der Waals surface area contributed by atoms with E-state index >= 15 is 0 Å². The number of rotatable bonds is 7. The van der Waals surface area contributed by atoms with Crippen molar-refractivity contribution in [2.75, 3.05) is 39.0 Å². The van der Waals surface area contributed by atoms with Crippen molar-refractivity contribution < 1.29 is 8.42 Å². The summed E-state index contributed by atoms with van der Waals surface area (Å²) in [6, 6.07) is 10.8. The van der Waals surface area contributed by atoms with Crippen LogP contribution in [0.4, 0.5) is 0 Å². The molecule has 27 heavy (non-hydrogen) atoms. The molecule has 8 heteroatoms. The van der Waals surface area contributed by atoms with Crippen LogP contribution in [0.2, 0.25) is 0 Å². The molecular formula is C19H33IN4O2S. The van der Waals surface area contributed by atoms with E-state index in [0.29, 0.717) is 24.9 Å². The lowest BCUT2D eigenvalue weighted by atomic mass is 9.79. The number of halogens is 1. The first kappa shape index (κ1) is 24.2. The second-order valence-corrected chi connectivity index (χ2v) is 8.79. The van der Waals surface area contributed by atoms with Crippen LogP contribution in [-0.4, -0.2) is 58.3 Å². The van der Waals surface area contributed by atoms with Crippen LogP contribution in [-0.2, 0) is 10.0 Å². The van der Waals surface area contributed by atoms with Crippen LogP contribution in [0.5, 0.6) is 0 Å². The maximum absolute atomic E-state index is 11.5. The van der Waals surface area contributed by atoms with E-state index in [2.05, 4.69) is 57.2 Å². The molecule has 1 saturated heterocycles.